The predicted molar refractivity (Wildman–Crippen MR) is 150 cm³/mol. The first-order valence-electron chi connectivity index (χ1n) is 13.8. The lowest BCUT2D eigenvalue weighted by Gasteiger charge is -2.32. The van der Waals surface area contributed by atoms with E-state index in [0.717, 1.165) is 54.7 Å². The van der Waals surface area contributed by atoms with Gasteiger partial charge in [0.25, 0.3) is 17.6 Å². The second kappa shape index (κ2) is 10.9. The van der Waals surface area contributed by atoms with Gasteiger partial charge in [-0.1, -0.05) is 12.1 Å². The van der Waals surface area contributed by atoms with E-state index >= 15 is 0 Å². The highest BCUT2D eigenvalue weighted by molar-refractivity contribution is 6.45. The standard InChI is InChI=1S/C31H37FN4O3/c1-20-17-27-26(28(21(2)34(27)4)29(37)31(39)36-15-13-33(3)14-16-36)19-25(20)30(38)35-11-9-23(10-12-35)18-22-5-7-24(32)8-6-22/h5-8,17,19,23H,9-16,18H2,1-4H3. The summed E-state index contributed by atoms with van der Waals surface area (Å²) in [4.78, 5) is 46.0. The first kappa shape index (κ1) is 27.1. The van der Waals surface area contributed by atoms with E-state index in [-0.39, 0.29) is 11.7 Å². The summed E-state index contributed by atoms with van der Waals surface area (Å²) in [6.45, 7) is 7.64. The van der Waals surface area contributed by atoms with Gasteiger partial charge in [0.05, 0.1) is 5.56 Å². The van der Waals surface area contributed by atoms with Gasteiger partial charge >= 0.3 is 0 Å². The third-order valence-corrected chi connectivity index (χ3v) is 8.62. The van der Waals surface area contributed by atoms with Crippen molar-refractivity contribution in [2.24, 2.45) is 13.0 Å². The number of ketones is 1. The van der Waals surface area contributed by atoms with Gasteiger partial charge in [-0.15, -0.1) is 0 Å². The highest BCUT2D eigenvalue weighted by atomic mass is 19.1. The number of carbonyl (C=O) groups is 3. The van der Waals surface area contributed by atoms with Crippen LogP contribution in [0.4, 0.5) is 4.39 Å². The fourth-order valence-electron chi connectivity index (χ4n) is 5.96. The second-order valence-electron chi connectivity index (χ2n) is 11.2. The first-order valence-corrected chi connectivity index (χ1v) is 13.8. The van der Waals surface area contributed by atoms with Crippen LogP contribution >= 0.6 is 0 Å². The summed E-state index contributed by atoms with van der Waals surface area (Å²) in [5, 5.41) is 0.655. The molecule has 0 bridgehead atoms. The van der Waals surface area contributed by atoms with E-state index in [4.69, 9.17) is 0 Å². The lowest BCUT2D eigenvalue weighted by molar-refractivity contribution is -0.127. The molecule has 2 aliphatic heterocycles. The van der Waals surface area contributed by atoms with Crippen LogP contribution in [0.25, 0.3) is 10.9 Å². The van der Waals surface area contributed by atoms with Crippen LogP contribution in [-0.4, -0.2) is 83.2 Å². The van der Waals surface area contributed by atoms with Crippen LogP contribution < -0.4 is 0 Å². The lowest BCUT2D eigenvalue weighted by Crippen LogP contribution is -2.49. The summed E-state index contributed by atoms with van der Waals surface area (Å²) in [6.07, 6.45) is 2.65. The summed E-state index contributed by atoms with van der Waals surface area (Å²) in [6, 6.07) is 10.4. The first-order chi connectivity index (χ1) is 18.6. The molecule has 3 aromatic rings. The third kappa shape index (κ3) is 5.35. The molecule has 0 N–H and O–H groups in total. The number of Topliss-reactive ketones (excluding diaryl/α,β-unsaturated/α-hetero) is 1. The van der Waals surface area contributed by atoms with Gasteiger partial charge < -0.3 is 19.3 Å². The minimum Gasteiger partial charge on any atom is -0.347 e. The minimum atomic E-state index is -0.508. The number of piperidine rings is 1. The number of piperazine rings is 1. The highest BCUT2D eigenvalue weighted by Crippen LogP contribution is 2.31. The number of aromatic nitrogens is 1. The molecule has 0 radical (unpaired) electrons. The summed E-state index contributed by atoms with van der Waals surface area (Å²) < 4.78 is 15.2. The molecule has 39 heavy (non-hydrogen) atoms. The van der Waals surface area contributed by atoms with E-state index in [9.17, 15) is 18.8 Å². The number of halogens is 1. The van der Waals surface area contributed by atoms with Crippen molar-refractivity contribution in [1.82, 2.24) is 19.3 Å². The molecule has 2 amide bonds. The average molecular weight is 533 g/mol. The van der Waals surface area contributed by atoms with Gasteiger partial charge in [0.2, 0.25) is 0 Å². The summed E-state index contributed by atoms with van der Waals surface area (Å²) in [5.41, 5.74) is 4.50. The Morgan fingerprint density at radius 1 is 0.872 bits per heavy atom. The SMILES string of the molecule is Cc1cc2c(cc1C(=O)N1CCC(Cc3ccc(F)cc3)CC1)c(C(=O)C(=O)N1CCN(C)CC1)c(C)n2C. The number of amides is 2. The molecule has 0 aliphatic carbocycles. The highest BCUT2D eigenvalue weighted by Gasteiger charge is 2.31. The quantitative estimate of drug-likeness (QED) is 0.368. The smallest absolute Gasteiger partial charge is 0.295 e. The molecule has 1 aromatic heterocycles. The maximum atomic E-state index is 13.7. The fourth-order valence-corrected chi connectivity index (χ4v) is 5.96. The maximum Gasteiger partial charge on any atom is 0.295 e. The largest absolute Gasteiger partial charge is 0.347 e. The van der Waals surface area contributed by atoms with Gasteiger partial charge in [-0.25, -0.2) is 4.39 Å². The Bertz CT molecular complexity index is 1410. The Labute approximate surface area is 229 Å². The third-order valence-electron chi connectivity index (χ3n) is 8.62. The molecule has 2 saturated heterocycles. The summed E-state index contributed by atoms with van der Waals surface area (Å²) >= 11 is 0. The van der Waals surface area contributed by atoms with Crippen molar-refractivity contribution in [1.29, 1.82) is 0 Å². The molecule has 206 valence electrons. The molecule has 7 nitrogen and oxygen atoms in total. The van der Waals surface area contributed by atoms with Crippen molar-refractivity contribution in [2.45, 2.75) is 33.1 Å². The molecule has 0 saturated carbocycles. The van der Waals surface area contributed by atoms with Crippen molar-refractivity contribution >= 4 is 28.5 Å². The minimum absolute atomic E-state index is 0.0417. The molecular weight excluding hydrogens is 495 g/mol. The Morgan fingerprint density at radius 3 is 2.15 bits per heavy atom. The molecule has 2 aromatic carbocycles. The summed E-state index contributed by atoms with van der Waals surface area (Å²) in [7, 11) is 3.90. The number of nitrogens with zero attached hydrogens (tertiary/aromatic N) is 4. The second-order valence-corrected chi connectivity index (χ2v) is 11.2. The van der Waals surface area contributed by atoms with E-state index in [2.05, 4.69) is 4.90 Å². The number of fused-ring (bicyclic) bond motifs is 1. The number of likely N-dealkylation sites (N-methyl/N-ethyl adjacent to an activating group) is 1. The number of benzene rings is 2. The van der Waals surface area contributed by atoms with Crippen LogP contribution in [0, 0.1) is 25.6 Å². The van der Waals surface area contributed by atoms with Crippen molar-refractivity contribution in [3.8, 4) is 0 Å². The Hall–Kier alpha value is -3.52. The van der Waals surface area contributed by atoms with Gasteiger partial charge in [-0.3, -0.25) is 14.4 Å². The molecule has 2 fully saturated rings. The monoisotopic (exact) mass is 532 g/mol. The number of aryl methyl sites for hydroxylation is 2. The zero-order valence-corrected chi connectivity index (χ0v) is 23.3. The van der Waals surface area contributed by atoms with Crippen LogP contribution in [0.3, 0.4) is 0 Å². The molecule has 0 spiro atoms. The number of hydrogen-bond acceptors (Lipinski definition) is 4. The molecule has 2 aliphatic rings. The molecule has 8 heteroatoms. The molecular formula is C31H37FN4O3. The zero-order valence-electron chi connectivity index (χ0n) is 23.3. The Morgan fingerprint density at radius 2 is 1.51 bits per heavy atom. The molecule has 3 heterocycles. The van der Waals surface area contributed by atoms with Crippen molar-refractivity contribution in [3.05, 3.63) is 70.2 Å². The number of likely N-dealkylation sites (tertiary alicyclic amines) is 1. The van der Waals surface area contributed by atoms with Crippen LogP contribution in [0.2, 0.25) is 0 Å². The predicted octanol–water partition coefficient (Wildman–Crippen LogP) is 3.99. The van der Waals surface area contributed by atoms with Crippen LogP contribution in [-0.2, 0) is 18.3 Å². The van der Waals surface area contributed by atoms with Gasteiger partial charge in [0, 0.05) is 68.5 Å². The van der Waals surface area contributed by atoms with Gasteiger partial charge in [-0.2, -0.15) is 0 Å². The number of carbonyl (C=O) groups excluding carboxylic acids is 3. The fraction of sp³-hybridized carbons (Fsp3) is 0.452. The van der Waals surface area contributed by atoms with Gasteiger partial charge in [0.15, 0.2) is 0 Å². The summed E-state index contributed by atoms with van der Waals surface area (Å²) in [5.74, 6) is -0.805. The average Bonchev–Trinajstić information content (AvgIpc) is 3.17. The van der Waals surface area contributed by atoms with E-state index in [1.807, 2.05) is 61.7 Å². The Balaban J connectivity index is 1.35. The Kier molecular flexibility index (Phi) is 7.58. The zero-order chi connectivity index (χ0) is 27.8. The van der Waals surface area contributed by atoms with Crippen LogP contribution in [0.1, 0.15) is 50.4 Å². The van der Waals surface area contributed by atoms with Crippen LogP contribution in [0.5, 0.6) is 0 Å². The van der Waals surface area contributed by atoms with Crippen molar-refractivity contribution < 1.29 is 18.8 Å². The number of rotatable bonds is 5. The molecule has 5 rings (SSSR count). The van der Waals surface area contributed by atoms with Gasteiger partial charge in [0.1, 0.15) is 5.82 Å². The van der Waals surface area contributed by atoms with Crippen molar-refractivity contribution in [2.75, 3.05) is 46.3 Å². The molecule has 0 unspecified atom stereocenters. The van der Waals surface area contributed by atoms with E-state index in [0.29, 0.717) is 48.6 Å². The van der Waals surface area contributed by atoms with E-state index < -0.39 is 11.7 Å². The number of hydrogen-bond donors (Lipinski definition) is 0. The topological polar surface area (TPSA) is 65.9 Å². The lowest BCUT2D eigenvalue weighted by atomic mass is 9.89. The van der Waals surface area contributed by atoms with E-state index in [1.165, 1.54) is 12.1 Å². The van der Waals surface area contributed by atoms with Crippen LogP contribution in [0.15, 0.2) is 36.4 Å². The maximum absolute atomic E-state index is 13.7. The van der Waals surface area contributed by atoms with Gasteiger partial charge in [-0.05, 0) is 81.5 Å². The van der Waals surface area contributed by atoms with Crippen molar-refractivity contribution in [3.63, 3.8) is 0 Å². The normalized spacial score (nSPS) is 17.2. The molecule has 0 atom stereocenters. The van der Waals surface area contributed by atoms with E-state index in [1.54, 1.807) is 4.90 Å².